The molecule has 4 heavy (non-hydrogen) atoms. The summed E-state index contributed by atoms with van der Waals surface area (Å²) in [5.74, 6) is 0. The SMILES string of the molecule is [Br-].[Br-].[Mo+2].[Mo]. The molecule has 0 aliphatic rings. The summed E-state index contributed by atoms with van der Waals surface area (Å²) in [6.45, 7) is 0. The molecule has 0 aromatic rings. The van der Waals surface area contributed by atoms with Crippen LogP contribution in [0.5, 0.6) is 0 Å². The molecule has 0 radical (unpaired) electrons. The van der Waals surface area contributed by atoms with Crippen LogP contribution in [0.4, 0.5) is 0 Å². The first-order valence-corrected chi connectivity index (χ1v) is 0. The van der Waals surface area contributed by atoms with Gasteiger partial charge in [0, 0.05) is 21.1 Å². The van der Waals surface area contributed by atoms with Gasteiger partial charge in [0.15, 0.2) is 0 Å². The van der Waals surface area contributed by atoms with E-state index in [2.05, 4.69) is 0 Å². The molecular weight excluding hydrogens is 352 g/mol. The van der Waals surface area contributed by atoms with E-state index in [4.69, 9.17) is 0 Å². The van der Waals surface area contributed by atoms with E-state index in [0.717, 1.165) is 0 Å². The van der Waals surface area contributed by atoms with Crippen molar-refractivity contribution in [3.63, 3.8) is 0 Å². The molecule has 4 heteroatoms. The van der Waals surface area contributed by atoms with Crippen LogP contribution in [0.2, 0.25) is 0 Å². The van der Waals surface area contributed by atoms with Gasteiger partial charge in [-0.05, 0) is 0 Å². The summed E-state index contributed by atoms with van der Waals surface area (Å²) in [5.41, 5.74) is 0. The summed E-state index contributed by atoms with van der Waals surface area (Å²) in [5, 5.41) is 0. The summed E-state index contributed by atoms with van der Waals surface area (Å²) in [6.07, 6.45) is 0. The van der Waals surface area contributed by atoms with Gasteiger partial charge in [-0.15, -0.1) is 0 Å². The number of hydrogen-bond acceptors (Lipinski definition) is 0. The Bertz CT molecular complexity index is 4.00. The fraction of sp³-hybridized carbons (Fsp3) is 0. The summed E-state index contributed by atoms with van der Waals surface area (Å²) in [7, 11) is 0. The number of halogens is 2. The molecule has 0 saturated heterocycles. The molecule has 0 bridgehead atoms. The first-order chi connectivity index (χ1) is 0. The van der Waals surface area contributed by atoms with Crippen LogP contribution in [0.1, 0.15) is 0 Å². The van der Waals surface area contributed by atoms with E-state index in [0.29, 0.717) is 0 Å². The first kappa shape index (κ1) is 33.1. The zero-order valence-corrected chi connectivity index (χ0v) is 8.76. The summed E-state index contributed by atoms with van der Waals surface area (Å²) in [4.78, 5) is 0. The van der Waals surface area contributed by atoms with Gasteiger partial charge in [-0.3, -0.25) is 0 Å². The van der Waals surface area contributed by atoms with Crippen molar-refractivity contribution in [3.05, 3.63) is 0 Å². The molecule has 0 nitrogen and oxygen atoms in total. The zero-order chi connectivity index (χ0) is 0. The second-order valence-corrected chi connectivity index (χ2v) is 0. The average Bonchev–Trinajstić information content (AvgIpc) is 0. The molecule has 0 aliphatic carbocycles. The third kappa shape index (κ3) is 8.84. The predicted molar refractivity (Wildman–Crippen MR) is 0 cm³/mol. The maximum Gasteiger partial charge on any atom is 2.00 e. The van der Waals surface area contributed by atoms with Crippen molar-refractivity contribution < 1.29 is 76.1 Å². The Balaban J connectivity index is 0. The fourth-order valence-corrected chi connectivity index (χ4v) is 0. The Kier molecular flexibility index (Phi) is 152. The van der Waals surface area contributed by atoms with Crippen molar-refractivity contribution >= 4 is 0 Å². The third-order valence-corrected chi connectivity index (χ3v) is 0. The average molecular weight is 352 g/mol. The molecule has 0 rings (SSSR count). The smallest absolute Gasteiger partial charge is 1.00 e. The molecule has 0 aromatic heterocycles. The maximum atomic E-state index is 0. The second kappa shape index (κ2) is 18.4. The molecule has 0 N–H and O–H groups in total. The van der Waals surface area contributed by atoms with Gasteiger partial charge in [-0.25, -0.2) is 0 Å². The molecule has 0 unspecified atom stereocenters. The predicted octanol–water partition coefficient (Wildman–Crippen LogP) is -6.00. The van der Waals surface area contributed by atoms with Crippen molar-refractivity contribution in [1.29, 1.82) is 0 Å². The third-order valence-electron chi connectivity index (χ3n) is 0. The minimum atomic E-state index is 0. The van der Waals surface area contributed by atoms with E-state index in [1.54, 1.807) is 0 Å². The molecular formula is Br2Mo2. The molecule has 0 aromatic carbocycles. The number of hydrogen-bond donors (Lipinski definition) is 0. The summed E-state index contributed by atoms with van der Waals surface area (Å²) < 4.78 is 0. The van der Waals surface area contributed by atoms with Gasteiger partial charge >= 0.3 is 21.1 Å². The molecule has 0 fully saturated rings. The molecule has 0 saturated carbocycles. The molecule has 0 amide bonds. The summed E-state index contributed by atoms with van der Waals surface area (Å²) >= 11 is 0. The molecule has 0 heterocycles. The fourth-order valence-electron chi connectivity index (χ4n) is 0. The minimum absolute atomic E-state index is 0. The van der Waals surface area contributed by atoms with Crippen LogP contribution in [0.15, 0.2) is 0 Å². The first-order valence-electron chi connectivity index (χ1n) is 0. The van der Waals surface area contributed by atoms with Gasteiger partial charge in [0.05, 0.1) is 0 Å². The maximum absolute atomic E-state index is 0. The van der Waals surface area contributed by atoms with Crippen LogP contribution < -0.4 is 34.0 Å². The largest absolute Gasteiger partial charge is 2.00 e. The van der Waals surface area contributed by atoms with Crippen LogP contribution in [-0.2, 0) is 42.1 Å². The monoisotopic (exact) mass is 354 g/mol. The Hall–Kier alpha value is 2.34. The van der Waals surface area contributed by atoms with Crippen LogP contribution in [-0.4, -0.2) is 0 Å². The standard InChI is InChI=1S/2BrH.2Mo/h2*1H;;/q;;;+2/p-2. The molecule has 0 atom stereocenters. The van der Waals surface area contributed by atoms with E-state index in [9.17, 15) is 0 Å². The van der Waals surface area contributed by atoms with Crippen LogP contribution in [0.25, 0.3) is 0 Å². The topological polar surface area (TPSA) is 0 Å². The van der Waals surface area contributed by atoms with E-state index in [-0.39, 0.29) is 76.1 Å². The van der Waals surface area contributed by atoms with E-state index in [1.165, 1.54) is 0 Å². The van der Waals surface area contributed by atoms with E-state index < -0.39 is 0 Å². The Morgan fingerprint density at radius 1 is 0.750 bits per heavy atom. The van der Waals surface area contributed by atoms with Gasteiger partial charge in [-0.2, -0.15) is 0 Å². The van der Waals surface area contributed by atoms with Gasteiger partial charge in [0.1, 0.15) is 0 Å². The van der Waals surface area contributed by atoms with Crippen molar-refractivity contribution in [2.24, 2.45) is 0 Å². The van der Waals surface area contributed by atoms with E-state index >= 15 is 0 Å². The van der Waals surface area contributed by atoms with Crippen molar-refractivity contribution in [1.82, 2.24) is 0 Å². The van der Waals surface area contributed by atoms with Crippen LogP contribution in [0.3, 0.4) is 0 Å². The number of rotatable bonds is 0. The van der Waals surface area contributed by atoms with Crippen LogP contribution in [0, 0.1) is 0 Å². The molecule has 0 aliphatic heterocycles. The van der Waals surface area contributed by atoms with Gasteiger partial charge < -0.3 is 34.0 Å². The normalized spacial score (nSPS) is 0. The van der Waals surface area contributed by atoms with Crippen LogP contribution >= 0.6 is 0 Å². The molecule has 0 spiro atoms. The van der Waals surface area contributed by atoms with Gasteiger partial charge in [0.2, 0.25) is 0 Å². The van der Waals surface area contributed by atoms with Crippen molar-refractivity contribution in [2.75, 3.05) is 0 Å². The van der Waals surface area contributed by atoms with Gasteiger partial charge in [0.25, 0.3) is 0 Å². The summed E-state index contributed by atoms with van der Waals surface area (Å²) in [6, 6.07) is 0. The van der Waals surface area contributed by atoms with Crippen molar-refractivity contribution in [2.45, 2.75) is 0 Å². The quantitative estimate of drug-likeness (QED) is 0.381. The zero-order valence-electron chi connectivity index (χ0n) is 1.57. The second-order valence-electron chi connectivity index (χ2n) is 0. The van der Waals surface area contributed by atoms with Crippen molar-refractivity contribution in [3.8, 4) is 0 Å². The molecule has 26 valence electrons. The van der Waals surface area contributed by atoms with E-state index in [1.807, 2.05) is 0 Å². The minimum Gasteiger partial charge on any atom is -1.00 e. The Morgan fingerprint density at radius 2 is 0.750 bits per heavy atom. The van der Waals surface area contributed by atoms with Gasteiger partial charge in [-0.1, -0.05) is 0 Å². The Morgan fingerprint density at radius 3 is 0.750 bits per heavy atom. The Labute approximate surface area is 75.2 Å².